The normalized spacial score (nSPS) is 24.5. The minimum Gasteiger partial charge on any atom is -0.479 e. The lowest BCUT2D eigenvalue weighted by Crippen LogP contribution is -2.55. The molecule has 1 fully saturated rings. The average Bonchev–Trinajstić information content (AvgIpc) is 2.70. The maximum Gasteiger partial charge on any atom is 0.329 e. The summed E-state index contributed by atoms with van der Waals surface area (Å²) in [5, 5.41) is 12.0. The topological polar surface area (TPSA) is 69.6 Å². The summed E-state index contributed by atoms with van der Waals surface area (Å²) in [6, 6.07) is -0.247. The fourth-order valence-corrected chi connectivity index (χ4v) is 2.24. The van der Waals surface area contributed by atoms with Crippen molar-refractivity contribution >= 4 is 12.0 Å². The number of nitrogens with zero attached hydrogens (tertiary/aromatic N) is 1. The number of carbonyl (C=O) groups is 2. The summed E-state index contributed by atoms with van der Waals surface area (Å²) < 4.78 is 0. The van der Waals surface area contributed by atoms with E-state index in [1.165, 1.54) is 4.90 Å². The molecule has 0 saturated carbocycles. The van der Waals surface area contributed by atoms with Gasteiger partial charge in [0.1, 0.15) is 5.54 Å². The van der Waals surface area contributed by atoms with E-state index in [9.17, 15) is 14.7 Å². The molecule has 5 nitrogen and oxygen atoms in total. The number of rotatable bonds is 4. The highest BCUT2D eigenvalue weighted by Gasteiger charge is 2.48. The number of carboxylic acids is 1. The van der Waals surface area contributed by atoms with Crippen molar-refractivity contribution < 1.29 is 14.7 Å². The fourth-order valence-electron chi connectivity index (χ4n) is 2.24. The lowest BCUT2D eigenvalue weighted by molar-refractivity contribution is -0.148. The molecule has 2 amide bonds. The van der Waals surface area contributed by atoms with Crippen molar-refractivity contribution in [3.8, 4) is 0 Å². The largest absolute Gasteiger partial charge is 0.479 e. The molecular weight excluding hydrogens is 208 g/mol. The highest BCUT2D eigenvalue weighted by Crippen LogP contribution is 2.32. The summed E-state index contributed by atoms with van der Waals surface area (Å²) in [4.78, 5) is 24.6. The van der Waals surface area contributed by atoms with Crippen molar-refractivity contribution in [2.75, 3.05) is 13.1 Å². The third-order valence-electron chi connectivity index (χ3n) is 3.24. The minimum atomic E-state index is -0.988. The molecule has 2 N–H and O–H groups in total. The first kappa shape index (κ1) is 12.8. The summed E-state index contributed by atoms with van der Waals surface area (Å²) in [6.07, 6.45) is 2.63. The van der Waals surface area contributed by atoms with Gasteiger partial charge in [-0.15, -0.1) is 0 Å². The van der Waals surface area contributed by atoms with E-state index in [1.54, 1.807) is 0 Å². The molecule has 0 spiro atoms. The number of aliphatic carboxylic acids is 1. The number of nitrogens with one attached hydrogen (secondary N) is 1. The molecule has 0 radical (unpaired) electrons. The van der Waals surface area contributed by atoms with Gasteiger partial charge in [0.2, 0.25) is 0 Å². The van der Waals surface area contributed by atoms with E-state index in [-0.39, 0.29) is 6.03 Å². The fraction of sp³-hybridized carbons (Fsp3) is 0.818. The quantitative estimate of drug-likeness (QED) is 0.764. The Labute approximate surface area is 95.8 Å². The van der Waals surface area contributed by atoms with E-state index in [1.807, 2.05) is 13.8 Å². The molecule has 1 heterocycles. The van der Waals surface area contributed by atoms with Crippen LogP contribution in [0, 0.1) is 0 Å². The van der Waals surface area contributed by atoms with Crippen molar-refractivity contribution in [3.63, 3.8) is 0 Å². The molecule has 1 atom stereocenters. The second kappa shape index (κ2) is 5.18. The van der Waals surface area contributed by atoms with Crippen LogP contribution in [-0.4, -0.2) is 40.6 Å². The molecular formula is C11H20N2O3. The van der Waals surface area contributed by atoms with Crippen LogP contribution in [0.1, 0.15) is 39.5 Å². The van der Waals surface area contributed by atoms with Crippen LogP contribution in [0.4, 0.5) is 4.79 Å². The van der Waals surface area contributed by atoms with E-state index in [4.69, 9.17) is 0 Å². The second-order valence-electron chi connectivity index (χ2n) is 4.18. The lowest BCUT2D eigenvalue weighted by atomic mass is 9.93. The minimum absolute atomic E-state index is 0.247. The third kappa shape index (κ3) is 2.13. The standard InChI is InChI=1S/C11H20N2O3/c1-3-7-12-10(16)13-8-5-6-11(13,4-2)9(14)15/h3-8H2,1-2H3,(H,12,16)(H,14,15). The average molecular weight is 228 g/mol. The van der Waals surface area contributed by atoms with Gasteiger partial charge in [0.05, 0.1) is 0 Å². The lowest BCUT2D eigenvalue weighted by Gasteiger charge is -2.33. The Morgan fingerprint density at radius 3 is 2.62 bits per heavy atom. The highest BCUT2D eigenvalue weighted by atomic mass is 16.4. The van der Waals surface area contributed by atoms with Crippen LogP contribution in [0.25, 0.3) is 0 Å². The highest BCUT2D eigenvalue weighted by molar-refractivity contribution is 5.87. The van der Waals surface area contributed by atoms with Crippen molar-refractivity contribution in [3.05, 3.63) is 0 Å². The van der Waals surface area contributed by atoms with Crippen LogP contribution in [0.3, 0.4) is 0 Å². The van der Waals surface area contributed by atoms with Crippen molar-refractivity contribution in [2.24, 2.45) is 0 Å². The first-order chi connectivity index (χ1) is 7.58. The number of carbonyl (C=O) groups excluding carboxylic acids is 1. The summed E-state index contributed by atoms with van der Waals surface area (Å²) in [6.45, 7) is 4.92. The predicted octanol–water partition coefficient (Wildman–Crippen LogP) is 1.44. The number of urea groups is 1. The van der Waals surface area contributed by atoms with Crippen LogP contribution in [0.15, 0.2) is 0 Å². The molecule has 16 heavy (non-hydrogen) atoms. The van der Waals surface area contributed by atoms with Gasteiger partial charge in [-0.1, -0.05) is 13.8 Å². The smallest absolute Gasteiger partial charge is 0.329 e. The Kier molecular flexibility index (Phi) is 4.15. The maximum atomic E-state index is 11.8. The molecule has 0 aromatic heterocycles. The SMILES string of the molecule is CCCNC(=O)N1CCCC1(CC)C(=O)O. The van der Waals surface area contributed by atoms with Crippen LogP contribution in [0.5, 0.6) is 0 Å². The molecule has 1 rings (SSSR count). The van der Waals surface area contributed by atoms with Gasteiger partial charge in [-0.2, -0.15) is 0 Å². The number of amides is 2. The Bertz CT molecular complexity index is 280. The zero-order valence-corrected chi connectivity index (χ0v) is 9.95. The summed E-state index contributed by atoms with van der Waals surface area (Å²) in [5.74, 6) is -0.890. The predicted molar refractivity (Wildman–Crippen MR) is 60.3 cm³/mol. The van der Waals surface area contributed by atoms with Gasteiger partial charge in [-0.3, -0.25) is 0 Å². The zero-order valence-electron chi connectivity index (χ0n) is 9.95. The molecule has 1 aliphatic heterocycles. The molecule has 92 valence electrons. The van der Waals surface area contributed by atoms with Crippen LogP contribution in [0.2, 0.25) is 0 Å². The van der Waals surface area contributed by atoms with Crippen molar-refractivity contribution in [2.45, 2.75) is 45.1 Å². The second-order valence-corrected chi connectivity index (χ2v) is 4.18. The first-order valence-corrected chi connectivity index (χ1v) is 5.87. The van der Waals surface area contributed by atoms with Gasteiger partial charge in [-0.25, -0.2) is 9.59 Å². The Balaban J connectivity index is 2.77. The third-order valence-corrected chi connectivity index (χ3v) is 3.24. The molecule has 1 saturated heterocycles. The van der Waals surface area contributed by atoms with Gasteiger partial charge < -0.3 is 15.3 Å². The monoisotopic (exact) mass is 228 g/mol. The molecule has 0 bridgehead atoms. The molecule has 1 unspecified atom stereocenters. The van der Waals surface area contributed by atoms with Gasteiger partial charge in [0, 0.05) is 13.1 Å². The van der Waals surface area contributed by atoms with Crippen molar-refractivity contribution in [1.82, 2.24) is 10.2 Å². The van der Waals surface area contributed by atoms with E-state index in [0.29, 0.717) is 25.9 Å². The molecule has 1 aliphatic rings. The number of carboxylic acid groups (broad SMARTS) is 1. The van der Waals surface area contributed by atoms with E-state index in [0.717, 1.165) is 12.8 Å². The summed E-state index contributed by atoms with van der Waals surface area (Å²) in [5.41, 5.74) is -0.988. The Morgan fingerprint density at radius 2 is 2.12 bits per heavy atom. The maximum absolute atomic E-state index is 11.8. The van der Waals surface area contributed by atoms with Crippen LogP contribution in [-0.2, 0) is 4.79 Å². The molecule has 5 heteroatoms. The molecule has 0 aromatic rings. The Morgan fingerprint density at radius 1 is 1.44 bits per heavy atom. The van der Waals surface area contributed by atoms with Gasteiger partial charge >= 0.3 is 12.0 Å². The Hall–Kier alpha value is -1.26. The van der Waals surface area contributed by atoms with Gasteiger partial charge in [0.25, 0.3) is 0 Å². The van der Waals surface area contributed by atoms with Crippen LogP contribution < -0.4 is 5.32 Å². The molecule has 0 aromatic carbocycles. The number of likely N-dealkylation sites (tertiary alicyclic amines) is 1. The van der Waals surface area contributed by atoms with E-state index >= 15 is 0 Å². The number of hydrogen-bond donors (Lipinski definition) is 2. The summed E-state index contributed by atoms with van der Waals surface area (Å²) >= 11 is 0. The first-order valence-electron chi connectivity index (χ1n) is 5.87. The summed E-state index contributed by atoms with van der Waals surface area (Å²) in [7, 11) is 0. The zero-order chi connectivity index (χ0) is 12.2. The van der Waals surface area contributed by atoms with Gasteiger partial charge in [0.15, 0.2) is 0 Å². The van der Waals surface area contributed by atoms with Gasteiger partial charge in [-0.05, 0) is 25.7 Å². The van der Waals surface area contributed by atoms with Crippen molar-refractivity contribution in [1.29, 1.82) is 0 Å². The number of hydrogen-bond acceptors (Lipinski definition) is 2. The van der Waals surface area contributed by atoms with E-state index in [2.05, 4.69) is 5.32 Å². The van der Waals surface area contributed by atoms with Crippen LogP contribution >= 0.6 is 0 Å². The molecule has 0 aliphatic carbocycles. The van der Waals surface area contributed by atoms with E-state index < -0.39 is 11.5 Å².